The predicted octanol–water partition coefficient (Wildman–Crippen LogP) is 3.90. The van der Waals surface area contributed by atoms with Crippen molar-refractivity contribution in [2.45, 2.75) is 33.3 Å². The third-order valence-electron chi connectivity index (χ3n) is 4.26. The number of carbonyl (C=O) groups is 2. The lowest BCUT2D eigenvalue weighted by Gasteiger charge is -2.35. The van der Waals surface area contributed by atoms with Gasteiger partial charge in [0.1, 0.15) is 5.60 Å². The minimum atomic E-state index is -0.502. The third kappa shape index (κ3) is 3.79. The second-order valence-corrected chi connectivity index (χ2v) is 8.36. The van der Waals surface area contributed by atoms with Gasteiger partial charge in [0.2, 0.25) is 0 Å². The molecule has 0 aliphatic carbocycles. The average Bonchev–Trinajstić information content (AvgIpc) is 2.90. The molecule has 6 heteroatoms. The maximum atomic E-state index is 12.9. The van der Waals surface area contributed by atoms with Crippen LogP contribution in [0.3, 0.4) is 0 Å². The number of hydrogen-bond donors (Lipinski definition) is 0. The number of amides is 2. The number of hydrogen-bond acceptors (Lipinski definition) is 4. The molecule has 0 atom stereocenters. The number of benzene rings is 1. The molecule has 0 unspecified atom stereocenters. The Morgan fingerprint density at radius 2 is 1.64 bits per heavy atom. The summed E-state index contributed by atoms with van der Waals surface area (Å²) in [5.41, 5.74) is 0.540. The van der Waals surface area contributed by atoms with Crippen LogP contribution in [0, 0.1) is 6.92 Å². The Hall–Kier alpha value is -2.08. The summed E-state index contributed by atoms with van der Waals surface area (Å²) >= 11 is 1.54. The van der Waals surface area contributed by atoms with E-state index in [9.17, 15) is 9.59 Å². The summed E-state index contributed by atoms with van der Waals surface area (Å²) in [5.74, 6) is 0.0579. The summed E-state index contributed by atoms with van der Waals surface area (Å²) in [6, 6.07) is 8.09. The number of aryl methyl sites for hydroxylation is 1. The fourth-order valence-electron chi connectivity index (χ4n) is 2.94. The number of nitrogens with zero attached hydrogens (tertiary/aromatic N) is 2. The van der Waals surface area contributed by atoms with Crippen LogP contribution in [0.1, 0.15) is 36.0 Å². The van der Waals surface area contributed by atoms with E-state index < -0.39 is 5.60 Å². The predicted molar refractivity (Wildman–Crippen MR) is 100 cm³/mol. The van der Waals surface area contributed by atoms with E-state index in [2.05, 4.69) is 6.07 Å². The van der Waals surface area contributed by atoms with Crippen LogP contribution in [0.15, 0.2) is 24.3 Å². The van der Waals surface area contributed by atoms with Crippen molar-refractivity contribution in [1.82, 2.24) is 9.80 Å². The maximum absolute atomic E-state index is 12.9. The fraction of sp³-hybridized carbons (Fsp3) is 0.474. The Labute approximate surface area is 152 Å². The minimum absolute atomic E-state index is 0.0579. The topological polar surface area (TPSA) is 49.9 Å². The summed E-state index contributed by atoms with van der Waals surface area (Å²) in [7, 11) is 0. The van der Waals surface area contributed by atoms with Gasteiger partial charge in [-0.1, -0.05) is 18.2 Å². The number of carbonyl (C=O) groups excluding carboxylic acids is 2. The van der Waals surface area contributed by atoms with Crippen molar-refractivity contribution in [1.29, 1.82) is 0 Å². The first-order valence-corrected chi connectivity index (χ1v) is 9.33. The highest BCUT2D eigenvalue weighted by Gasteiger charge is 2.29. The lowest BCUT2D eigenvalue weighted by Crippen LogP contribution is -2.51. The van der Waals surface area contributed by atoms with E-state index in [4.69, 9.17) is 4.74 Å². The average molecular weight is 360 g/mol. The van der Waals surface area contributed by atoms with Gasteiger partial charge in [-0.2, -0.15) is 0 Å². The van der Waals surface area contributed by atoms with Crippen LogP contribution >= 0.6 is 11.3 Å². The second-order valence-electron chi connectivity index (χ2n) is 7.31. The SMILES string of the molecule is Cc1c(C(=O)N2CCN(C(=O)OC(C)(C)C)CC2)sc2ccccc12. The molecule has 1 saturated heterocycles. The molecule has 1 aliphatic heterocycles. The fourth-order valence-corrected chi connectivity index (χ4v) is 4.12. The van der Waals surface area contributed by atoms with Crippen LogP contribution in [0.25, 0.3) is 10.1 Å². The number of thiophene rings is 1. The van der Waals surface area contributed by atoms with Crippen molar-refractivity contribution in [3.8, 4) is 0 Å². The Bertz CT molecular complexity index is 799. The van der Waals surface area contributed by atoms with Crippen LogP contribution in [-0.4, -0.2) is 53.6 Å². The highest BCUT2D eigenvalue weighted by Crippen LogP contribution is 2.31. The van der Waals surface area contributed by atoms with Crippen LogP contribution in [0.2, 0.25) is 0 Å². The van der Waals surface area contributed by atoms with Gasteiger partial charge in [-0.05, 0) is 44.7 Å². The molecule has 0 spiro atoms. The van der Waals surface area contributed by atoms with E-state index in [0.29, 0.717) is 26.2 Å². The smallest absolute Gasteiger partial charge is 0.410 e. The van der Waals surface area contributed by atoms with E-state index in [1.807, 2.05) is 50.8 Å². The Morgan fingerprint density at radius 1 is 1.04 bits per heavy atom. The molecule has 0 saturated carbocycles. The first-order chi connectivity index (χ1) is 11.8. The zero-order valence-corrected chi connectivity index (χ0v) is 16.0. The van der Waals surface area contributed by atoms with Gasteiger partial charge in [-0.25, -0.2) is 4.79 Å². The van der Waals surface area contributed by atoms with Crippen molar-refractivity contribution in [2.24, 2.45) is 0 Å². The van der Waals surface area contributed by atoms with Crippen molar-refractivity contribution >= 4 is 33.4 Å². The molecule has 0 N–H and O–H groups in total. The quantitative estimate of drug-likeness (QED) is 0.775. The van der Waals surface area contributed by atoms with Crippen LogP contribution in [-0.2, 0) is 4.74 Å². The molecule has 3 rings (SSSR count). The summed E-state index contributed by atoms with van der Waals surface area (Å²) in [6.07, 6.45) is -0.308. The molecule has 5 nitrogen and oxygen atoms in total. The van der Waals surface area contributed by atoms with Crippen molar-refractivity contribution in [2.75, 3.05) is 26.2 Å². The van der Waals surface area contributed by atoms with Crippen molar-refractivity contribution < 1.29 is 14.3 Å². The first kappa shape index (κ1) is 17.7. The van der Waals surface area contributed by atoms with Crippen LogP contribution < -0.4 is 0 Å². The zero-order chi connectivity index (χ0) is 18.2. The normalized spacial score (nSPS) is 15.5. The lowest BCUT2D eigenvalue weighted by atomic mass is 10.1. The summed E-state index contributed by atoms with van der Waals surface area (Å²) in [6.45, 7) is 9.65. The van der Waals surface area contributed by atoms with Gasteiger partial charge in [0.25, 0.3) is 5.91 Å². The molecule has 0 radical (unpaired) electrons. The third-order valence-corrected chi connectivity index (χ3v) is 5.52. The second kappa shape index (κ2) is 6.67. The molecule has 1 aromatic heterocycles. The van der Waals surface area contributed by atoms with Gasteiger partial charge in [0.05, 0.1) is 4.88 Å². The van der Waals surface area contributed by atoms with Gasteiger partial charge in [0.15, 0.2) is 0 Å². The van der Waals surface area contributed by atoms with E-state index >= 15 is 0 Å². The van der Waals surface area contributed by atoms with Gasteiger partial charge in [-0.15, -0.1) is 11.3 Å². The molecular weight excluding hydrogens is 336 g/mol. The monoisotopic (exact) mass is 360 g/mol. The lowest BCUT2D eigenvalue weighted by molar-refractivity contribution is 0.0141. The largest absolute Gasteiger partial charge is 0.444 e. The minimum Gasteiger partial charge on any atom is -0.444 e. The highest BCUT2D eigenvalue weighted by atomic mass is 32.1. The summed E-state index contributed by atoms with van der Waals surface area (Å²) in [4.78, 5) is 29.3. The molecule has 25 heavy (non-hydrogen) atoms. The summed E-state index contributed by atoms with van der Waals surface area (Å²) < 4.78 is 6.54. The number of ether oxygens (including phenoxy) is 1. The zero-order valence-electron chi connectivity index (χ0n) is 15.2. The molecular formula is C19H24N2O3S. The molecule has 1 aromatic carbocycles. The molecule has 2 heterocycles. The van der Waals surface area contributed by atoms with E-state index in [0.717, 1.165) is 20.5 Å². The van der Waals surface area contributed by atoms with Crippen LogP contribution in [0.5, 0.6) is 0 Å². The van der Waals surface area contributed by atoms with E-state index in [1.54, 1.807) is 16.2 Å². The molecule has 0 bridgehead atoms. The molecule has 134 valence electrons. The number of rotatable bonds is 1. The molecule has 1 aliphatic rings. The standard InChI is InChI=1S/C19H24N2O3S/c1-13-14-7-5-6-8-15(14)25-16(13)17(22)20-9-11-21(12-10-20)18(23)24-19(2,3)4/h5-8H,9-12H2,1-4H3. The van der Waals surface area contributed by atoms with E-state index in [1.165, 1.54) is 0 Å². The Morgan fingerprint density at radius 3 is 2.24 bits per heavy atom. The highest BCUT2D eigenvalue weighted by molar-refractivity contribution is 7.21. The Kier molecular flexibility index (Phi) is 4.73. The van der Waals surface area contributed by atoms with Gasteiger partial charge < -0.3 is 14.5 Å². The first-order valence-electron chi connectivity index (χ1n) is 8.51. The van der Waals surface area contributed by atoms with E-state index in [-0.39, 0.29) is 12.0 Å². The van der Waals surface area contributed by atoms with Crippen molar-refractivity contribution in [3.05, 3.63) is 34.7 Å². The molecule has 1 fully saturated rings. The molecule has 2 aromatic rings. The van der Waals surface area contributed by atoms with Gasteiger partial charge in [0, 0.05) is 30.9 Å². The Balaban J connectivity index is 1.67. The van der Waals surface area contributed by atoms with Crippen LogP contribution in [0.4, 0.5) is 4.79 Å². The van der Waals surface area contributed by atoms with Gasteiger partial charge in [-0.3, -0.25) is 4.79 Å². The number of piperazine rings is 1. The number of fused-ring (bicyclic) bond motifs is 1. The molecule has 2 amide bonds. The van der Waals surface area contributed by atoms with Gasteiger partial charge >= 0.3 is 6.09 Å². The van der Waals surface area contributed by atoms with Crippen molar-refractivity contribution in [3.63, 3.8) is 0 Å². The summed E-state index contributed by atoms with van der Waals surface area (Å²) in [5, 5.41) is 1.14. The maximum Gasteiger partial charge on any atom is 0.410 e.